The van der Waals surface area contributed by atoms with Gasteiger partial charge in [0.15, 0.2) is 0 Å². The van der Waals surface area contributed by atoms with Crippen molar-refractivity contribution in [3.05, 3.63) is 54.1 Å². The average molecular weight is 434 g/mol. The molecule has 2 aromatic carbocycles. The van der Waals surface area contributed by atoms with Gasteiger partial charge in [-0.25, -0.2) is 13.6 Å². The van der Waals surface area contributed by atoms with Crippen molar-refractivity contribution in [1.29, 1.82) is 0 Å². The SMILES string of the molecule is CC(Sc1ccc(-c2ccc(F)cc2F)cc1)C1CCN(C(=O)OC(C)(C)C)CC1. The molecule has 1 unspecified atom stereocenters. The topological polar surface area (TPSA) is 29.5 Å². The molecule has 0 aliphatic carbocycles. The predicted octanol–water partition coefficient (Wildman–Crippen LogP) is 6.76. The largest absolute Gasteiger partial charge is 0.444 e. The van der Waals surface area contributed by atoms with E-state index in [0.29, 0.717) is 29.8 Å². The third-order valence-corrected chi connectivity index (χ3v) is 6.57. The van der Waals surface area contributed by atoms with E-state index in [1.54, 1.807) is 16.7 Å². The normalized spacial score (nSPS) is 16.4. The van der Waals surface area contributed by atoms with Gasteiger partial charge < -0.3 is 9.64 Å². The van der Waals surface area contributed by atoms with Gasteiger partial charge >= 0.3 is 6.09 Å². The monoisotopic (exact) mass is 433 g/mol. The fourth-order valence-electron chi connectivity index (χ4n) is 3.63. The number of hydrogen-bond donors (Lipinski definition) is 0. The zero-order valence-corrected chi connectivity index (χ0v) is 18.8. The molecule has 30 heavy (non-hydrogen) atoms. The molecule has 6 heteroatoms. The Morgan fingerprint density at radius 2 is 1.73 bits per heavy atom. The summed E-state index contributed by atoms with van der Waals surface area (Å²) >= 11 is 1.79. The average Bonchev–Trinajstić information content (AvgIpc) is 2.67. The number of nitrogens with zero attached hydrogens (tertiary/aromatic N) is 1. The van der Waals surface area contributed by atoms with E-state index in [1.165, 1.54) is 12.1 Å². The van der Waals surface area contributed by atoms with Crippen LogP contribution >= 0.6 is 11.8 Å². The van der Waals surface area contributed by atoms with Crippen molar-refractivity contribution in [2.75, 3.05) is 13.1 Å². The molecule has 0 aromatic heterocycles. The zero-order valence-electron chi connectivity index (χ0n) is 18.0. The molecule has 1 aliphatic rings. The summed E-state index contributed by atoms with van der Waals surface area (Å²) in [5.74, 6) is -0.613. The van der Waals surface area contributed by atoms with Crippen LogP contribution in [-0.4, -0.2) is 34.9 Å². The van der Waals surface area contributed by atoms with Crippen molar-refractivity contribution < 1.29 is 18.3 Å². The van der Waals surface area contributed by atoms with E-state index in [2.05, 4.69) is 6.92 Å². The summed E-state index contributed by atoms with van der Waals surface area (Å²) < 4.78 is 32.6. The van der Waals surface area contributed by atoms with Gasteiger partial charge in [0.25, 0.3) is 0 Å². The summed E-state index contributed by atoms with van der Waals surface area (Å²) in [7, 11) is 0. The number of amides is 1. The Kier molecular flexibility index (Phi) is 7.06. The number of carbonyl (C=O) groups excluding carboxylic acids is 1. The second kappa shape index (κ2) is 9.38. The van der Waals surface area contributed by atoms with Crippen LogP contribution in [0.15, 0.2) is 47.4 Å². The summed E-state index contributed by atoms with van der Waals surface area (Å²) in [6, 6.07) is 11.3. The van der Waals surface area contributed by atoms with Crippen LogP contribution in [0.4, 0.5) is 13.6 Å². The number of carbonyl (C=O) groups is 1. The molecule has 0 saturated carbocycles. The molecule has 3 nitrogen and oxygen atoms in total. The maximum Gasteiger partial charge on any atom is 0.410 e. The lowest BCUT2D eigenvalue weighted by molar-refractivity contribution is 0.0184. The summed E-state index contributed by atoms with van der Waals surface area (Å²) in [6.45, 7) is 9.29. The molecule has 3 rings (SSSR count). The van der Waals surface area contributed by atoms with Crippen LogP contribution < -0.4 is 0 Å². The lowest BCUT2D eigenvalue weighted by Crippen LogP contribution is -2.43. The number of hydrogen-bond acceptors (Lipinski definition) is 3. The molecule has 1 saturated heterocycles. The van der Waals surface area contributed by atoms with Crippen LogP contribution in [0.3, 0.4) is 0 Å². The van der Waals surface area contributed by atoms with Gasteiger partial charge in [0.1, 0.15) is 17.2 Å². The molecular weight excluding hydrogens is 404 g/mol. The van der Waals surface area contributed by atoms with E-state index in [0.717, 1.165) is 29.4 Å². The van der Waals surface area contributed by atoms with Crippen molar-refractivity contribution in [2.24, 2.45) is 5.92 Å². The Balaban J connectivity index is 1.54. The minimum atomic E-state index is -0.574. The first-order chi connectivity index (χ1) is 14.1. The highest BCUT2D eigenvalue weighted by molar-refractivity contribution is 8.00. The summed E-state index contributed by atoms with van der Waals surface area (Å²) in [4.78, 5) is 15.1. The number of benzene rings is 2. The van der Waals surface area contributed by atoms with E-state index in [1.807, 2.05) is 45.0 Å². The number of rotatable bonds is 4. The highest BCUT2D eigenvalue weighted by Crippen LogP contribution is 2.35. The van der Waals surface area contributed by atoms with Gasteiger partial charge in [0.05, 0.1) is 0 Å². The standard InChI is InChI=1S/C24H29F2NO2S/c1-16(17-11-13-27(14-12-17)23(28)29-24(2,3)4)30-20-8-5-18(6-9-20)21-10-7-19(25)15-22(21)26/h5-10,15-17H,11-14H2,1-4H3. The van der Waals surface area contributed by atoms with Gasteiger partial charge in [0.2, 0.25) is 0 Å². The second-order valence-electron chi connectivity index (χ2n) is 8.78. The van der Waals surface area contributed by atoms with Gasteiger partial charge in [-0.1, -0.05) is 19.1 Å². The minimum absolute atomic E-state index is 0.232. The Bertz CT molecular complexity index is 872. The lowest BCUT2D eigenvalue weighted by atomic mass is 9.94. The van der Waals surface area contributed by atoms with E-state index < -0.39 is 17.2 Å². The molecule has 0 spiro atoms. The quantitative estimate of drug-likeness (QED) is 0.499. The number of piperidine rings is 1. The van der Waals surface area contributed by atoms with Crippen molar-refractivity contribution in [1.82, 2.24) is 4.90 Å². The van der Waals surface area contributed by atoms with E-state index >= 15 is 0 Å². The summed E-state index contributed by atoms with van der Waals surface area (Å²) in [5, 5.41) is 0.402. The summed E-state index contributed by atoms with van der Waals surface area (Å²) in [5.41, 5.74) is 0.658. The van der Waals surface area contributed by atoms with Gasteiger partial charge in [-0.05, 0) is 69.4 Å². The Hall–Kier alpha value is -2.08. The molecule has 0 radical (unpaired) electrons. The number of ether oxygens (including phenoxy) is 1. The van der Waals surface area contributed by atoms with Crippen LogP contribution in [0.25, 0.3) is 11.1 Å². The van der Waals surface area contributed by atoms with Crippen LogP contribution in [-0.2, 0) is 4.74 Å². The first kappa shape index (κ1) is 22.6. The maximum atomic E-state index is 14.0. The fraction of sp³-hybridized carbons (Fsp3) is 0.458. The third-order valence-electron chi connectivity index (χ3n) is 5.27. The van der Waals surface area contributed by atoms with Crippen LogP contribution in [0, 0.1) is 17.6 Å². The van der Waals surface area contributed by atoms with E-state index in [9.17, 15) is 13.6 Å². The Labute approximate surface area is 181 Å². The minimum Gasteiger partial charge on any atom is -0.444 e. The predicted molar refractivity (Wildman–Crippen MR) is 118 cm³/mol. The van der Waals surface area contributed by atoms with E-state index in [-0.39, 0.29) is 6.09 Å². The van der Waals surface area contributed by atoms with Crippen LogP contribution in [0.2, 0.25) is 0 Å². The van der Waals surface area contributed by atoms with E-state index in [4.69, 9.17) is 4.74 Å². The molecule has 1 amide bonds. The van der Waals surface area contributed by atoms with Crippen LogP contribution in [0.5, 0.6) is 0 Å². The zero-order chi connectivity index (χ0) is 21.9. The second-order valence-corrected chi connectivity index (χ2v) is 10.2. The first-order valence-corrected chi connectivity index (χ1v) is 11.2. The molecule has 162 valence electrons. The molecular formula is C24H29F2NO2S. The Morgan fingerprint density at radius 3 is 2.30 bits per heavy atom. The fourth-order valence-corrected chi connectivity index (χ4v) is 4.81. The molecule has 1 heterocycles. The molecule has 0 bridgehead atoms. The maximum absolute atomic E-state index is 14.0. The number of thioether (sulfide) groups is 1. The number of likely N-dealkylation sites (tertiary alicyclic amines) is 1. The highest BCUT2D eigenvalue weighted by Gasteiger charge is 2.29. The molecule has 2 aromatic rings. The molecule has 1 atom stereocenters. The van der Waals surface area contributed by atoms with Gasteiger partial charge in [-0.15, -0.1) is 11.8 Å². The van der Waals surface area contributed by atoms with Gasteiger partial charge in [-0.3, -0.25) is 0 Å². The highest BCUT2D eigenvalue weighted by atomic mass is 32.2. The van der Waals surface area contributed by atoms with Gasteiger partial charge in [0, 0.05) is 34.9 Å². The molecule has 0 N–H and O–H groups in total. The first-order valence-electron chi connectivity index (χ1n) is 10.3. The third kappa shape index (κ3) is 5.97. The van der Waals surface area contributed by atoms with Crippen LogP contribution in [0.1, 0.15) is 40.5 Å². The van der Waals surface area contributed by atoms with Crippen molar-refractivity contribution in [2.45, 2.75) is 56.3 Å². The van der Waals surface area contributed by atoms with Crippen molar-refractivity contribution in [3.63, 3.8) is 0 Å². The molecule has 1 aliphatic heterocycles. The number of halogens is 2. The van der Waals surface area contributed by atoms with Gasteiger partial charge in [-0.2, -0.15) is 0 Å². The summed E-state index contributed by atoms with van der Waals surface area (Å²) in [6.07, 6.45) is 1.67. The Morgan fingerprint density at radius 1 is 1.10 bits per heavy atom. The van der Waals surface area contributed by atoms with Crippen molar-refractivity contribution in [3.8, 4) is 11.1 Å². The smallest absolute Gasteiger partial charge is 0.410 e. The lowest BCUT2D eigenvalue weighted by Gasteiger charge is -2.35. The molecule has 1 fully saturated rings. The van der Waals surface area contributed by atoms with Crippen molar-refractivity contribution >= 4 is 17.9 Å².